The first kappa shape index (κ1) is 14.3. The van der Waals surface area contributed by atoms with Crippen LogP contribution in [0.2, 0.25) is 0 Å². The van der Waals surface area contributed by atoms with Crippen LogP contribution in [0, 0.1) is 6.92 Å². The Bertz CT molecular complexity index is 543. The molecule has 1 aromatic heterocycles. The van der Waals surface area contributed by atoms with Crippen molar-refractivity contribution in [1.29, 1.82) is 0 Å². The Kier molecular flexibility index (Phi) is 4.42. The Morgan fingerprint density at radius 3 is 2.89 bits per heavy atom. The maximum Gasteiger partial charge on any atom is 0.154 e. The first-order valence-corrected chi connectivity index (χ1v) is 8.16. The summed E-state index contributed by atoms with van der Waals surface area (Å²) in [5, 5.41) is 2.94. The summed E-state index contributed by atoms with van der Waals surface area (Å²) in [7, 11) is -1.25. The molecule has 1 aromatic rings. The van der Waals surface area contributed by atoms with E-state index in [2.05, 4.69) is 10.3 Å². The fourth-order valence-electron chi connectivity index (χ4n) is 2.36. The maximum atomic E-state index is 11.7. The highest BCUT2D eigenvalue weighted by molar-refractivity contribution is 7.92. The predicted octanol–water partition coefficient (Wildman–Crippen LogP) is 1.07. The normalized spacial score (nSPS) is 21.5. The third-order valence-electron chi connectivity index (χ3n) is 3.36. The Balaban J connectivity index is 1.91. The number of aromatic nitrogens is 1. The van der Waals surface area contributed by atoms with Gasteiger partial charge in [-0.05, 0) is 19.8 Å². The van der Waals surface area contributed by atoms with E-state index < -0.39 is 9.84 Å². The molecule has 0 saturated carbocycles. The lowest BCUT2D eigenvalue weighted by atomic mass is 10.2. The van der Waals surface area contributed by atoms with Crippen molar-refractivity contribution in [2.75, 3.05) is 19.4 Å². The van der Waals surface area contributed by atoms with E-state index in [4.69, 9.17) is 4.74 Å². The number of sulfone groups is 1. The zero-order valence-corrected chi connectivity index (χ0v) is 12.2. The number of nitrogens with zero attached hydrogens (tertiary/aromatic N) is 1. The van der Waals surface area contributed by atoms with Crippen LogP contribution in [-0.2, 0) is 16.4 Å². The van der Waals surface area contributed by atoms with Crippen molar-refractivity contribution >= 4 is 9.84 Å². The molecule has 0 spiro atoms. The molecule has 0 bridgehead atoms. The third kappa shape index (κ3) is 3.67. The van der Waals surface area contributed by atoms with Crippen LogP contribution < -0.4 is 10.1 Å². The molecule has 1 unspecified atom stereocenters. The van der Waals surface area contributed by atoms with Gasteiger partial charge >= 0.3 is 0 Å². The number of ether oxygens (including phenoxy) is 1. The molecule has 1 N–H and O–H groups in total. The first-order valence-electron chi connectivity index (χ1n) is 6.45. The second-order valence-corrected chi connectivity index (χ2v) is 7.30. The van der Waals surface area contributed by atoms with Crippen molar-refractivity contribution in [2.45, 2.75) is 31.6 Å². The van der Waals surface area contributed by atoms with E-state index in [0.29, 0.717) is 18.8 Å². The fraction of sp³-hybridized carbons (Fsp3) is 0.615. The van der Waals surface area contributed by atoms with Gasteiger partial charge in [-0.15, -0.1) is 0 Å². The number of rotatable bonds is 5. The molecule has 19 heavy (non-hydrogen) atoms. The van der Waals surface area contributed by atoms with Crippen LogP contribution >= 0.6 is 0 Å². The Morgan fingerprint density at radius 2 is 2.26 bits per heavy atom. The van der Waals surface area contributed by atoms with E-state index >= 15 is 0 Å². The van der Waals surface area contributed by atoms with Gasteiger partial charge in [0.05, 0.1) is 23.8 Å². The summed E-state index contributed by atoms with van der Waals surface area (Å²) in [6.45, 7) is 2.97. The van der Waals surface area contributed by atoms with Crippen LogP contribution in [0.4, 0.5) is 0 Å². The highest BCUT2D eigenvalue weighted by Crippen LogP contribution is 2.19. The minimum absolute atomic E-state index is 0.237. The molecule has 1 saturated heterocycles. The summed E-state index contributed by atoms with van der Waals surface area (Å²) in [6, 6.07) is 3.73. The van der Waals surface area contributed by atoms with Gasteiger partial charge in [0, 0.05) is 30.9 Å². The minimum Gasteiger partial charge on any atom is -0.497 e. The molecule has 0 aliphatic carbocycles. The standard InChI is InChI=1S/C13H20N2O3S/c1-10-6-12(18-2)7-11(15-10)8-14-9-13-4-3-5-19(13,16)17/h6-7,13-14H,3-5,8-9H2,1-2H3. The molecular weight excluding hydrogens is 264 g/mol. The first-order chi connectivity index (χ1) is 9.01. The van der Waals surface area contributed by atoms with E-state index in [0.717, 1.165) is 30.0 Å². The zero-order valence-electron chi connectivity index (χ0n) is 11.3. The molecule has 2 heterocycles. The number of aryl methyl sites for hydroxylation is 1. The Morgan fingerprint density at radius 1 is 1.47 bits per heavy atom. The van der Waals surface area contributed by atoms with Crippen LogP contribution in [0.25, 0.3) is 0 Å². The average Bonchev–Trinajstić information content (AvgIpc) is 2.68. The van der Waals surface area contributed by atoms with Crippen LogP contribution in [0.3, 0.4) is 0 Å². The molecule has 0 amide bonds. The number of hydrogen-bond acceptors (Lipinski definition) is 5. The molecule has 2 rings (SSSR count). The average molecular weight is 284 g/mol. The van der Waals surface area contributed by atoms with Gasteiger partial charge in [-0.3, -0.25) is 4.98 Å². The number of methoxy groups -OCH3 is 1. The summed E-state index contributed by atoms with van der Waals surface area (Å²) < 4.78 is 28.6. The third-order valence-corrected chi connectivity index (χ3v) is 5.63. The second kappa shape index (κ2) is 5.88. The second-order valence-electron chi connectivity index (χ2n) is 4.90. The molecule has 6 heteroatoms. The van der Waals surface area contributed by atoms with Gasteiger partial charge in [0.25, 0.3) is 0 Å². The molecule has 1 fully saturated rings. The molecule has 0 aromatic carbocycles. The Labute approximate surface area is 114 Å². The molecule has 1 aliphatic heterocycles. The van der Waals surface area contributed by atoms with Crippen LogP contribution in [-0.4, -0.2) is 38.1 Å². The molecular formula is C13H20N2O3S. The van der Waals surface area contributed by atoms with E-state index in [1.807, 2.05) is 19.1 Å². The van der Waals surface area contributed by atoms with Gasteiger partial charge in [-0.2, -0.15) is 0 Å². The number of pyridine rings is 1. The lowest BCUT2D eigenvalue weighted by Crippen LogP contribution is -2.30. The van der Waals surface area contributed by atoms with Crippen LogP contribution in [0.1, 0.15) is 24.2 Å². The van der Waals surface area contributed by atoms with Gasteiger partial charge in [0.2, 0.25) is 0 Å². The van der Waals surface area contributed by atoms with Gasteiger partial charge in [-0.25, -0.2) is 8.42 Å². The monoisotopic (exact) mass is 284 g/mol. The van der Waals surface area contributed by atoms with Crippen molar-refractivity contribution < 1.29 is 13.2 Å². The summed E-state index contributed by atoms with van der Waals surface area (Å²) >= 11 is 0. The summed E-state index contributed by atoms with van der Waals surface area (Å²) in [5.74, 6) is 1.10. The van der Waals surface area contributed by atoms with Crippen molar-refractivity contribution in [3.05, 3.63) is 23.5 Å². The van der Waals surface area contributed by atoms with Crippen molar-refractivity contribution in [3.63, 3.8) is 0 Å². The quantitative estimate of drug-likeness (QED) is 0.876. The molecule has 106 valence electrons. The van der Waals surface area contributed by atoms with E-state index in [-0.39, 0.29) is 5.25 Å². The lowest BCUT2D eigenvalue weighted by molar-refractivity contribution is 0.412. The van der Waals surface area contributed by atoms with Crippen LogP contribution in [0.15, 0.2) is 12.1 Å². The Hall–Kier alpha value is -1.14. The number of hydrogen-bond donors (Lipinski definition) is 1. The zero-order chi connectivity index (χ0) is 13.9. The SMILES string of the molecule is COc1cc(C)nc(CNCC2CCCS2(=O)=O)c1. The maximum absolute atomic E-state index is 11.7. The number of nitrogens with one attached hydrogen (secondary N) is 1. The van der Waals surface area contributed by atoms with E-state index in [1.165, 1.54) is 0 Å². The van der Waals surface area contributed by atoms with E-state index in [9.17, 15) is 8.42 Å². The minimum atomic E-state index is -2.87. The van der Waals surface area contributed by atoms with Crippen molar-refractivity contribution in [2.24, 2.45) is 0 Å². The molecule has 0 radical (unpaired) electrons. The predicted molar refractivity (Wildman–Crippen MR) is 74.0 cm³/mol. The highest BCUT2D eigenvalue weighted by Gasteiger charge is 2.30. The lowest BCUT2D eigenvalue weighted by Gasteiger charge is -2.11. The smallest absolute Gasteiger partial charge is 0.154 e. The fourth-order valence-corrected chi connectivity index (χ4v) is 4.16. The topological polar surface area (TPSA) is 68.3 Å². The molecule has 5 nitrogen and oxygen atoms in total. The van der Waals surface area contributed by atoms with Crippen molar-refractivity contribution in [1.82, 2.24) is 10.3 Å². The van der Waals surface area contributed by atoms with Gasteiger partial charge in [0.15, 0.2) is 9.84 Å². The van der Waals surface area contributed by atoms with Crippen LogP contribution in [0.5, 0.6) is 5.75 Å². The molecule has 1 atom stereocenters. The van der Waals surface area contributed by atoms with Gasteiger partial charge in [-0.1, -0.05) is 0 Å². The van der Waals surface area contributed by atoms with Gasteiger partial charge in [0.1, 0.15) is 5.75 Å². The summed E-state index contributed by atoms with van der Waals surface area (Å²) in [6.07, 6.45) is 1.55. The highest BCUT2D eigenvalue weighted by atomic mass is 32.2. The summed E-state index contributed by atoms with van der Waals surface area (Å²) in [4.78, 5) is 4.39. The van der Waals surface area contributed by atoms with Crippen molar-refractivity contribution in [3.8, 4) is 5.75 Å². The molecule has 1 aliphatic rings. The largest absolute Gasteiger partial charge is 0.497 e. The van der Waals surface area contributed by atoms with Gasteiger partial charge < -0.3 is 10.1 Å². The summed E-state index contributed by atoms with van der Waals surface area (Å²) in [5.41, 5.74) is 1.76. The van der Waals surface area contributed by atoms with E-state index in [1.54, 1.807) is 7.11 Å².